The molecule has 0 radical (unpaired) electrons. The number of hydrogen-bond donors (Lipinski definition) is 3. The fraction of sp³-hybridized carbons (Fsp3) is 0.200. The molecule has 0 saturated heterocycles. The number of hydrogen-bond acceptors (Lipinski definition) is 9. The number of nitro benzene ring substituents is 1. The van der Waals surface area contributed by atoms with E-state index in [2.05, 4.69) is 9.72 Å². The van der Waals surface area contributed by atoms with Crippen LogP contribution in [0.15, 0.2) is 51.7 Å². The minimum Gasteiger partial charge on any atom is -0.492 e. The van der Waals surface area contributed by atoms with Crippen molar-refractivity contribution in [3.63, 3.8) is 0 Å². The number of benzene rings is 2. The van der Waals surface area contributed by atoms with E-state index in [0.717, 1.165) is 5.56 Å². The van der Waals surface area contributed by atoms with Crippen LogP contribution in [0.1, 0.15) is 16.9 Å². The number of aromatic hydroxyl groups is 1. The third kappa shape index (κ3) is 5.28. The molecule has 4 N–H and O–H groups in total. The zero-order valence-electron chi connectivity index (χ0n) is 16.4. The molecule has 1 atom stereocenters. The Balaban J connectivity index is 1.76. The molecular formula is C20H19N3O8. The molecule has 1 aromatic heterocycles. The number of carbonyl (C=O) groups excluding carboxylic acids is 1. The van der Waals surface area contributed by atoms with Gasteiger partial charge in [-0.05, 0) is 35.7 Å². The van der Waals surface area contributed by atoms with Gasteiger partial charge in [-0.15, -0.1) is 0 Å². The molecule has 0 bridgehead atoms. The molecule has 0 spiro atoms. The second kappa shape index (κ2) is 9.13. The normalized spacial score (nSPS) is 11.7. The summed E-state index contributed by atoms with van der Waals surface area (Å²) >= 11 is 0. The van der Waals surface area contributed by atoms with Crippen molar-refractivity contribution in [2.75, 3.05) is 7.11 Å². The van der Waals surface area contributed by atoms with Gasteiger partial charge in [-0.25, -0.2) is 4.79 Å². The van der Waals surface area contributed by atoms with E-state index in [1.165, 1.54) is 19.2 Å². The maximum absolute atomic E-state index is 11.5. The van der Waals surface area contributed by atoms with Crippen molar-refractivity contribution in [1.29, 1.82) is 0 Å². The molecule has 0 saturated carbocycles. The van der Waals surface area contributed by atoms with Gasteiger partial charge in [-0.1, -0.05) is 18.2 Å². The number of methoxy groups -OCH3 is 1. The topological polar surface area (TPSA) is 171 Å². The van der Waals surface area contributed by atoms with Crippen LogP contribution in [0, 0.1) is 10.1 Å². The van der Waals surface area contributed by atoms with Gasteiger partial charge in [-0.3, -0.25) is 19.9 Å². The van der Waals surface area contributed by atoms with Crippen molar-refractivity contribution in [3.05, 3.63) is 80.0 Å². The first-order valence-corrected chi connectivity index (χ1v) is 9.05. The molecule has 31 heavy (non-hydrogen) atoms. The molecule has 3 rings (SSSR count). The minimum atomic E-state index is -0.821. The molecule has 0 fully saturated rings. The Hall–Kier alpha value is -4.12. The molecule has 1 heterocycles. The number of nitro groups is 1. The maximum Gasteiger partial charge on any atom is 0.419 e. The summed E-state index contributed by atoms with van der Waals surface area (Å²) in [4.78, 5) is 35.5. The lowest BCUT2D eigenvalue weighted by Crippen LogP contribution is -2.33. The van der Waals surface area contributed by atoms with Crippen molar-refractivity contribution in [3.8, 4) is 17.4 Å². The number of nitrogens with two attached hydrogens (primary N) is 1. The average molecular weight is 429 g/mol. The van der Waals surface area contributed by atoms with Crippen LogP contribution in [0.5, 0.6) is 17.4 Å². The Kier molecular flexibility index (Phi) is 6.36. The first-order chi connectivity index (χ1) is 14.8. The van der Waals surface area contributed by atoms with Crippen LogP contribution in [-0.2, 0) is 22.4 Å². The molecule has 0 aliphatic carbocycles. The van der Waals surface area contributed by atoms with E-state index >= 15 is 0 Å². The highest BCUT2D eigenvalue weighted by Crippen LogP contribution is 2.33. The van der Waals surface area contributed by atoms with Crippen LogP contribution in [0.25, 0.3) is 0 Å². The van der Waals surface area contributed by atoms with Crippen molar-refractivity contribution in [1.82, 2.24) is 4.98 Å². The Labute approximate surface area is 175 Å². The summed E-state index contributed by atoms with van der Waals surface area (Å²) in [6.07, 6.45) is 0.241. The Morgan fingerprint density at radius 1 is 1.26 bits per heavy atom. The molecule has 0 aliphatic heterocycles. The SMILES string of the molecule is COC(=O)C(N)Cc1ccc(Oc2ccc(Cc3oc(=O)[nH]c3O)cc2[N+](=O)[O-])cc1. The van der Waals surface area contributed by atoms with Gasteiger partial charge in [-0.2, -0.15) is 0 Å². The third-order valence-electron chi connectivity index (χ3n) is 4.40. The average Bonchev–Trinajstić information content (AvgIpc) is 3.06. The Bertz CT molecular complexity index is 1150. The van der Waals surface area contributed by atoms with Crippen LogP contribution in [-0.4, -0.2) is 34.1 Å². The molecule has 3 aromatic rings. The third-order valence-corrected chi connectivity index (χ3v) is 4.40. The maximum atomic E-state index is 11.5. The predicted molar refractivity (Wildman–Crippen MR) is 107 cm³/mol. The van der Waals surface area contributed by atoms with E-state index in [1.54, 1.807) is 30.3 Å². The van der Waals surface area contributed by atoms with E-state index in [9.17, 15) is 24.8 Å². The smallest absolute Gasteiger partial charge is 0.419 e. The molecule has 1 unspecified atom stereocenters. The highest BCUT2D eigenvalue weighted by atomic mass is 16.6. The molecular weight excluding hydrogens is 410 g/mol. The number of oxazole rings is 1. The van der Waals surface area contributed by atoms with Gasteiger partial charge in [0, 0.05) is 12.5 Å². The van der Waals surface area contributed by atoms with Gasteiger partial charge < -0.3 is 24.7 Å². The van der Waals surface area contributed by atoms with Gasteiger partial charge in [0.25, 0.3) is 0 Å². The quantitative estimate of drug-likeness (QED) is 0.275. The zero-order chi connectivity index (χ0) is 22.5. The molecule has 11 heteroatoms. The van der Waals surface area contributed by atoms with E-state index in [4.69, 9.17) is 14.9 Å². The van der Waals surface area contributed by atoms with E-state index in [-0.39, 0.29) is 30.0 Å². The number of nitrogens with zero attached hydrogens (tertiary/aromatic N) is 1. The minimum absolute atomic E-state index is 0.00695. The second-order valence-electron chi connectivity index (χ2n) is 6.60. The summed E-state index contributed by atoms with van der Waals surface area (Å²) in [5, 5.41) is 21.1. The lowest BCUT2D eigenvalue weighted by atomic mass is 10.1. The van der Waals surface area contributed by atoms with Crippen molar-refractivity contribution < 1.29 is 28.7 Å². The van der Waals surface area contributed by atoms with Crippen LogP contribution >= 0.6 is 0 Å². The lowest BCUT2D eigenvalue weighted by Gasteiger charge is -2.11. The van der Waals surface area contributed by atoms with Gasteiger partial charge >= 0.3 is 17.4 Å². The van der Waals surface area contributed by atoms with Gasteiger partial charge in [0.2, 0.25) is 11.6 Å². The van der Waals surface area contributed by atoms with Crippen molar-refractivity contribution in [2.24, 2.45) is 5.73 Å². The van der Waals surface area contributed by atoms with Crippen LogP contribution in [0.3, 0.4) is 0 Å². The summed E-state index contributed by atoms with van der Waals surface area (Å²) < 4.78 is 15.0. The standard InChI is InChI=1S/C20H19N3O8/c1-29-19(25)14(21)8-11-2-5-13(6-3-11)30-16-7-4-12(9-15(16)23(27)28)10-17-18(24)22-20(26)31-17/h2-7,9,14,24H,8,10,21H2,1H3,(H,22,26). The number of carbonyl (C=O) groups is 1. The summed E-state index contributed by atoms with van der Waals surface area (Å²) in [5.74, 6) is -1.46. The predicted octanol–water partition coefficient (Wildman–Crippen LogP) is 2.01. The second-order valence-corrected chi connectivity index (χ2v) is 6.60. The van der Waals surface area contributed by atoms with E-state index < -0.39 is 28.6 Å². The largest absolute Gasteiger partial charge is 0.492 e. The molecule has 0 amide bonds. The summed E-state index contributed by atoms with van der Waals surface area (Å²) in [6.45, 7) is 0. The van der Waals surface area contributed by atoms with Gasteiger partial charge in [0.1, 0.15) is 11.8 Å². The summed E-state index contributed by atoms with van der Waals surface area (Å²) in [6, 6.07) is 10.0. The number of aromatic amines is 1. The van der Waals surface area contributed by atoms with Crippen LogP contribution in [0.2, 0.25) is 0 Å². The molecule has 11 nitrogen and oxygen atoms in total. The Morgan fingerprint density at radius 3 is 2.52 bits per heavy atom. The number of aromatic nitrogens is 1. The first kappa shape index (κ1) is 21.6. The number of rotatable bonds is 8. The van der Waals surface area contributed by atoms with E-state index in [1.807, 2.05) is 0 Å². The first-order valence-electron chi connectivity index (χ1n) is 9.05. The number of ether oxygens (including phenoxy) is 2. The summed E-state index contributed by atoms with van der Waals surface area (Å²) in [7, 11) is 1.26. The van der Waals surface area contributed by atoms with E-state index in [0.29, 0.717) is 11.3 Å². The zero-order valence-corrected chi connectivity index (χ0v) is 16.4. The molecule has 2 aromatic carbocycles. The lowest BCUT2D eigenvalue weighted by molar-refractivity contribution is -0.385. The van der Waals surface area contributed by atoms with Crippen molar-refractivity contribution in [2.45, 2.75) is 18.9 Å². The van der Waals surface area contributed by atoms with Gasteiger partial charge in [0.05, 0.1) is 12.0 Å². The fourth-order valence-corrected chi connectivity index (χ4v) is 2.87. The number of H-pyrrole nitrogens is 1. The summed E-state index contributed by atoms with van der Waals surface area (Å²) in [5.41, 5.74) is 6.63. The number of esters is 1. The molecule has 0 aliphatic rings. The molecule has 162 valence electrons. The van der Waals surface area contributed by atoms with Gasteiger partial charge in [0.15, 0.2) is 5.76 Å². The Morgan fingerprint density at radius 2 is 1.94 bits per heavy atom. The highest BCUT2D eigenvalue weighted by Gasteiger charge is 2.19. The highest BCUT2D eigenvalue weighted by molar-refractivity contribution is 5.75. The number of nitrogens with one attached hydrogen (secondary N) is 1. The van der Waals surface area contributed by atoms with Crippen molar-refractivity contribution >= 4 is 11.7 Å². The van der Waals surface area contributed by atoms with Crippen LogP contribution < -0.4 is 16.2 Å². The van der Waals surface area contributed by atoms with Crippen LogP contribution in [0.4, 0.5) is 5.69 Å². The monoisotopic (exact) mass is 429 g/mol. The fourth-order valence-electron chi connectivity index (χ4n) is 2.87.